The molecule has 3 nitrogen and oxygen atoms in total. The van der Waals surface area contributed by atoms with Crippen molar-refractivity contribution in [3.8, 4) is 0 Å². The summed E-state index contributed by atoms with van der Waals surface area (Å²) in [5.41, 5.74) is 0.263. The van der Waals surface area contributed by atoms with E-state index in [1.165, 1.54) is 6.07 Å². The molecule has 1 aliphatic heterocycles. The van der Waals surface area contributed by atoms with Crippen molar-refractivity contribution in [2.45, 2.75) is 25.6 Å². The van der Waals surface area contributed by atoms with Crippen LogP contribution in [0.25, 0.3) is 0 Å². The molecule has 0 amide bonds. The highest BCUT2D eigenvalue weighted by atomic mass is 19.1. The molecule has 1 aromatic rings. The fraction of sp³-hybridized carbons (Fsp3) is 0.500. The lowest BCUT2D eigenvalue weighted by molar-refractivity contribution is 0.0839. The van der Waals surface area contributed by atoms with Gasteiger partial charge in [0, 0.05) is 24.3 Å². The van der Waals surface area contributed by atoms with E-state index in [2.05, 4.69) is 0 Å². The van der Waals surface area contributed by atoms with Gasteiger partial charge in [0.05, 0.1) is 12.2 Å². The van der Waals surface area contributed by atoms with E-state index in [4.69, 9.17) is 5.11 Å². The molecule has 2 N–H and O–H groups in total. The van der Waals surface area contributed by atoms with Crippen LogP contribution in [-0.2, 0) is 6.61 Å². The van der Waals surface area contributed by atoms with Crippen molar-refractivity contribution >= 4 is 5.69 Å². The second kappa shape index (κ2) is 4.03. The van der Waals surface area contributed by atoms with Crippen molar-refractivity contribution in [3.63, 3.8) is 0 Å². The SMILES string of the molecule is CC1(O)CCN(c2cccc(F)c2CO)C1. The van der Waals surface area contributed by atoms with E-state index < -0.39 is 11.4 Å². The Kier molecular flexibility index (Phi) is 2.86. The number of aliphatic hydroxyl groups excluding tert-OH is 1. The van der Waals surface area contributed by atoms with E-state index in [1.54, 1.807) is 19.1 Å². The minimum Gasteiger partial charge on any atom is -0.391 e. The summed E-state index contributed by atoms with van der Waals surface area (Å²) < 4.78 is 13.4. The van der Waals surface area contributed by atoms with Gasteiger partial charge in [0.2, 0.25) is 0 Å². The van der Waals surface area contributed by atoms with Crippen molar-refractivity contribution in [1.29, 1.82) is 0 Å². The smallest absolute Gasteiger partial charge is 0.130 e. The van der Waals surface area contributed by atoms with Gasteiger partial charge in [-0.25, -0.2) is 4.39 Å². The fourth-order valence-electron chi connectivity index (χ4n) is 2.15. The Morgan fingerprint density at radius 2 is 2.25 bits per heavy atom. The molecule has 1 saturated heterocycles. The minimum absolute atomic E-state index is 0.306. The first-order chi connectivity index (χ1) is 7.53. The van der Waals surface area contributed by atoms with Crippen LogP contribution in [0.5, 0.6) is 0 Å². The van der Waals surface area contributed by atoms with Crippen LogP contribution in [0.4, 0.5) is 10.1 Å². The Hall–Kier alpha value is -1.13. The van der Waals surface area contributed by atoms with E-state index in [9.17, 15) is 9.50 Å². The molecule has 0 radical (unpaired) electrons. The molecule has 88 valence electrons. The van der Waals surface area contributed by atoms with Crippen molar-refractivity contribution in [3.05, 3.63) is 29.6 Å². The Morgan fingerprint density at radius 3 is 2.81 bits per heavy atom. The average molecular weight is 225 g/mol. The van der Waals surface area contributed by atoms with Gasteiger partial charge in [0.25, 0.3) is 0 Å². The van der Waals surface area contributed by atoms with E-state index in [0.717, 1.165) is 0 Å². The minimum atomic E-state index is -0.723. The van der Waals surface area contributed by atoms with Crippen molar-refractivity contribution < 1.29 is 14.6 Å². The topological polar surface area (TPSA) is 43.7 Å². The molecule has 0 spiro atoms. The second-order valence-electron chi connectivity index (χ2n) is 4.56. The highest BCUT2D eigenvalue weighted by molar-refractivity contribution is 5.55. The maximum absolute atomic E-state index is 13.4. The molecule has 0 aliphatic carbocycles. The molecule has 2 rings (SSSR count). The summed E-state index contributed by atoms with van der Waals surface area (Å²) in [6.45, 7) is 2.61. The Balaban J connectivity index is 2.31. The molecule has 16 heavy (non-hydrogen) atoms. The normalized spacial score (nSPS) is 25.1. The highest BCUT2D eigenvalue weighted by Crippen LogP contribution is 2.30. The van der Waals surface area contributed by atoms with E-state index in [0.29, 0.717) is 30.8 Å². The van der Waals surface area contributed by atoms with Crippen molar-refractivity contribution in [2.24, 2.45) is 0 Å². The molecule has 1 atom stereocenters. The van der Waals surface area contributed by atoms with Crippen LogP contribution >= 0.6 is 0 Å². The van der Waals surface area contributed by atoms with Crippen LogP contribution < -0.4 is 4.90 Å². The molecule has 1 unspecified atom stereocenters. The van der Waals surface area contributed by atoms with Crippen LogP contribution in [0.15, 0.2) is 18.2 Å². The third-order valence-corrected chi connectivity index (χ3v) is 3.04. The lowest BCUT2D eigenvalue weighted by Crippen LogP contribution is -2.30. The lowest BCUT2D eigenvalue weighted by Gasteiger charge is -2.23. The van der Waals surface area contributed by atoms with Gasteiger partial charge in [0.15, 0.2) is 0 Å². The van der Waals surface area contributed by atoms with Gasteiger partial charge in [-0.2, -0.15) is 0 Å². The van der Waals surface area contributed by atoms with Gasteiger partial charge in [0.1, 0.15) is 5.82 Å². The summed E-state index contributed by atoms with van der Waals surface area (Å²) in [6, 6.07) is 4.73. The second-order valence-corrected chi connectivity index (χ2v) is 4.56. The number of benzene rings is 1. The number of aliphatic hydroxyl groups is 2. The highest BCUT2D eigenvalue weighted by Gasteiger charge is 2.32. The molecule has 1 heterocycles. The van der Waals surface area contributed by atoms with Gasteiger partial charge in [-0.05, 0) is 25.5 Å². The van der Waals surface area contributed by atoms with Crippen LogP contribution in [0, 0.1) is 5.82 Å². The van der Waals surface area contributed by atoms with Crippen LogP contribution in [0.1, 0.15) is 18.9 Å². The standard InChI is InChI=1S/C12H16FNO2/c1-12(16)5-6-14(8-12)11-4-2-3-10(13)9(11)7-15/h2-4,15-16H,5-8H2,1H3. The Bertz CT molecular complexity index is 393. The predicted octanol–water partition coefficient (Wildman–Crippen LogP) is 1.28. The summed E-state index contributed by atoms with van der Waals surface area (Å²) in [7, 11) is 0. The number of anilines is 1. The largest absolute Gasteiger partial charge is 0.391 e. The zero-order valence-electron chi connectivity index (χ0n) is 9.28. The van der Waals surface area contributed by atoms with E-state index >= 15 is 0 Å². The number of hydrogen-bond acceptors (Lipinski definition) is 3. The van der Waals surface area contributed by atoms with Crippen LogP contribution in [0.3, 0.4) is 0 Å². The lowest BCUT2D eigenvalue weighted by atomic mass is 10.1. The number of β-amino-alcohol motifs (C(OH)–C–C–N with tert-alkyl or cyclic N) is 1. The Labute approximate surface area is 94.1 Å². The van der Waals surface area contributed by atoms with Gasteiger partial charge in [-0.3, -0.25) is 0 Å². The summed E-state index contributed by atoms with van der Waals surface area (Å²) in [5, 5.41) is 19.0. The zero-order chi connectivity index (χ0) is 11.8. The molecule has 0 aromatic heterocycles. The zero-order valence-corrected chi connectivity index (χ0v) is 9.28. The molecular formula is C12H16FNO2. The first-order valence-electron chi connectivity index (χ1n) is 5.39. The van der Waals surface area contributed by atoms with E-state index in [-0.39, 0.29) is 6.61 Å². The molecule has 0 saturated carbocycles. The van der Waals surface area contributed by atoms with Gasteiger partial charge >= 0.3 is 0 Å². The monoisotopic (exact) mass is 225 g/mol. The molecular weight excluding hydrogens is 209 g/mol. The van der Waals surface area contributed by atoms with Crippen molar-refractivity contribution in [1.82, 2.24) is 0 Å². The number of rotatable bonds is 2. The maximum atomic E-state index is 13.4. The number of hydrogen-bond donors (Lipinski definition) is 2. The molecule has 1 aliphatic rings. The first kappa shape index (κ1) is 11.4. The third kappa shape index (κ3) is 2.03. The maximum Gasteiger partial charge on any atom is 0.130 e. The third-order valence-electron chi connectivity index (χ3n) is 3.04. The molecule has 1 fully saturated rings. The average Bonchev–Trinajstić information content (AvgIpc) is 2.58. The quantitative estimate of drug-likeness (QED) is 0.797. The van der Waals surface area contributed by atoms with Gasteiger partial charge < -0.3 is 15.1 Å². The summed E-state index contributed by atoms with van der Waals surface area (Å²) in [6.07, 6.45) is 0.661. The summed E-state index contributed by atoms with van der Waals surface area (Å²) in [4.78, 5) is 1.91. The first-order valence-corrected chi connectivity index (χ1v) is 5.39. The molecule has 0 bridgehead atoms. The Morgan fingerprint density at radius 1 is 1.50 bits per heavy atom. The van der Waals surface area contributed by atoms with E-state index in [1.807, 2.05) is 4.90 Å². The number of halogens is 1. The molecule has 4 heteroatoms. The summed E-state index contributed by atoms with van der Waals surface area (Å²) in [5.74, 6) is -0.397. The van der Waals surface area contributed by atoms with Gasteiger partial charge in [-0.1, -0.05) is 6.07 Å². The van der Waals surface area contributed by atoms with Crippen LogP contribution in [-0.4, -0.2) is 28.9 Å². The summed E-state index contributed by atoms with van der Waals surface area (Å²) >= 11 is 0. The van der Waals surface area contributed by atoms with Gasteiger partial charge in [-0.15, -0.1) is 0 Å². The number of nitrogens with zero attached hydrogens (tertiary/aromatic N) is 1. The van der Waals surface area contributed by atoms with Crippen LogP contribution in [0.2, 0.25) is 0 Å². The predicted molar refractivity (Wildman–Crippen MR) is 59.8 cm³/mol. The molecule has 1 aromatic carbocycles. The van der Waals surface area contributed by atoms with Crippen molar-refractivity contribution in [2.75, 3.05) is 18.0 Å². The fourth-order valence-corrected chi connectivity index (χ4v) is 2.15.